The Labute approximate surface area is 222 Å². The molecular weight excluding hydrogens is 508 g/mol. The number of aromatic nitrogens is 3. The molecule has 0 aliphatic rings. The highest BCUT2D eigenvalue weighted by Gasteiger charge is 2.23. The zero-order valence-corrected chi connectivity index (χ0v) is 21.9. The Morgan fingerprint density at radius 3 is 2.46 bits per heavy atom. The van der Waals surface area contributed by atoms with E-state index in [9.17, 15) is 24.3 Å². The van der Waals surface area contributed by atoms with Gasteiger partial charge in [-0.25, -0.2) is 19.0 Å². The van der Waals surface area contributed by atoms with Gasteiger partial charge < -0.3 is 14.7 Å². The molecule has 0 spiro atoms. The van der Waals surface area contributed by atoms with Crippen molar-refractivity contribution in [2.75, 3.05) is 7.05 Å². The van der Waals surface area contributed by atoms with E-state index in [4.69, 9.17) is 4.74 Å². The molecule has 0 aliphatic carbocycles. The van der Waals surface area contributed by atoms with Crippen LogP contribution < -0.4 is 0 Å². The number of benzene rings is 2. The van der Waals surface area contributed by atoms with Gasteiger partial charge in [-0.2, -0.15) is 19.4 Å². The predicted octanol–water partition coefficient (Wildman–Crippen LogP) is 6.12. The van der Waals surface area contributed by atoms with Crippen molar-refractivity contribution in [3.05, 3.63) is 71.1 Å². The van der Waals surface area contributed by atoms with Crippen molar-refractivity contribution in [1.82, 2.24) is 19.7 Å². The number of carbonyl (C=O) groups excluding carboxylic acids is 1. The summed E-state index contributed by atoms with van der Waals surface area (Å²) in [6.07, 6.45) is -0.734. The van der Waals surface area contributed by atoms with E-state index >= 15 is 4.39 Å². The van der Waals surface area contributed by atoms with Crippen molar-refractivity contribution >= 4 is 23.1 Å². The van der Waals surface area contributed by atoms with Gasteiger partial charge in [0.15, 0.2) is 0 Å². The van der Waals surface area contributed by atoms with E-state index in [0.29, 0.717) is 26.8 Å². The quantitative estimate of drug-likeness (QED) is 0.314. The van der Waals surface area contributed by atoms with Crippen LogP contribution >= 0.6 is 0 Å². The number of ether oxygens (including phenoxy) is 1. The first kappa shape index (κ1) is 27.2. The van der Waals surface area contributed by atoms with Crippen LogP contribution in [0.15, 0.2) is 42.6 Å². The van der Waals surface area contributed by atoms with Gasteiger partial charge in [-0.3, -0.25) is 0 Å². The molecule has 0 bridgehead atoms. The number of amides is 1. The van der Waals surface area contributed by atoms with Crippen LogP contribution in [-0.2, 0) is 11.3 Å². The number of hydrogen-bond donors (Lipinski definition) is 1. The zero-order valence-electron chi connectivity index (χ0n) is 21.9. The Morgan fingerprint density at radius 2 is 1.90 bits per heavy atom. The molecule has 4 rings (SSSR count). The lowest BCUT2D eigenvalue weighted by atomic mass is 9.92. The molecule has 2 aromatic carbocycles. The second kappa shape index (κ2) is 10.1. The van der Waals surface area contributed by atoms with E-state index in [1.165, 1.54) is 35.4 Å². The highest BCUT2D eigenvalue weighted by molar-refractivity contribution is 6.01. The molecular formula is C28H25F2N5O4. The summed E-state index contributed by atoms with van der Waals surface area (Å²) in [4.78, 5) is 29.2. The van der Waals surface area contributed by atoms with Crippen LogP contribution in [0.3, 0.4) is 0 Å². The highest BCUT2D eigenvalue weighted by atomic mass is 19.1. The minimum Gasteiger partial charge on any atom is -0.463 e. The molecule has 1 amide bonds. The van der Waals surface area contributed by atoms with Gasteiger partial charge in [-0.05, 0) is 69.2 Å². The van der Waals surface area contributed by atoms with Gasteiger partial charge >= 0.3 is 12.2 Å². The summed E-state index contributed by atoms with van der Waals surface area (Å²) in [5.41, 5.74) is 1.36. The third-order valence-electron chi connectivity index (χ3n) is 5.86. The second-order valence-electron chi connectivity index (χ2n) is 10.0. The molecule has 0 aliphatic heterocycles. The number of pyridine rings is 1. The molecule has 0 saturated heterocycles. The molecule has 11 heteroatoms. The summed E-state index contributed by atoms with van der Waals surface area (Å²) in [6, 6.07) is 10.3. The Morgan fingerprint density at radius 1 is 1.18 bits per heavy atom. The number of hydrogen-bond acceptors (Lipinski definition) is 6. The summed E-state index contributed by atoms with van der Waals surface area (Å²) >= 11 is 0. The van der Waals surface area contributed by atoms with Gasteiger partial charge in [0.1, 0.15) is 17.1 Å². The van der Waals surface area contributed by atoms with Gasteiger partial charge in [0.2, 0.25) is 5.95 Å². The van der Waals surface area contributed by atoms with Crippen LogP contribution in [0.4, 0.5) is 18.4 Å². The normalized spacial score (nSPS) is 11.3. The molecule has 1 N–H and O–H groups in total. The number of nitrogens with zero attached hydrogens (tertiary/aromatic N) is 5. The molecule has 39 heavy (non-hydrogen) atoms. The van der Waals surface area contributed by atoms with Crippen molar-refractivity contribution < 1.29 is 28.2 Å². The maximum atomic E-state index is 15.6. The molecule has 2 aromatic heterocycles. The molecule has 9 nitrogen and oxygen atoms in total. The first-order chi connectivity index (χ1) is 18.3. The highest BCUT2D eigenvalue weighted by Crippen LogP contribution is 2.37. The molecule has 200 valence electrons. The van der Waals surface area contributed by atoms with Crippen LogP contribution in [0.1, 0.15) is 37.5 Å². The summed E-state index contributed by atoms with van der Waals surface area (Å²) in [5.74, 6) is -1.35. The smallest absolute Gasteiger partial charge is 0.432 e. The van der Waals surface area contributed by atoms with Crippen molar-refractivity contribution in [3.8, 4) is 28.5 Å². The fraction of sp³-hybridized carbons (Fsp3) is 0.250. The third-order valence-corrected chi connectivity index (χ3v) is 5.86. The fourth-order valence-electron chi connectivity index (χ4n) is 4.26. The van der Waals surface area contributed by atoms with Crippen molar-refractivity contribution in [3.63, 3.8) is 0 Å². The topological polar surface area (TPSA) is 121 Å². The average molecular weight is 534 g/mol. The van der Waals surface area contributed by atoms with E-state index in [0.717, 1.165) is 6.07 Å². The van der Waals surface area contributed by atoms with Crippen LogP contribution in [0.2, 0.25) is 0 Å². The van der Waals surface area contributed by atoms with Crippen molar-refractivity contribution in [1.29, 1.82) is 5.26 Å². The maximum Gasteiger partial charge on any atom is 0.432 e. The Kier molecular flexibility index (Phi) is 7.07. The van der Waals surface area contributed by atoms with E-state index in [1.807, 2.05) is 6.07 Å². The van der Waals surface area contributed by atoms with Crippen LogP contribution in [0.5, 0.6) is 0 Å². The summed E-state index contributed by atoms with van der Waals surface area (Å²) in [6.45, 7) is 7.01. The standard InChI is InChI=1S/C28H25F2N5O4/c1-15-8-16(14-34(5)27(38)39-28(2,3)4)9-21(29)24(15)19-11-20-22(10-18(19)12-31)35(26(36)37)33-25(20)17-6-7-23(30)32-13-17/h6-11,13H,14H2,1-5H3,(H,36,37). The Balaban J connectivity index is 1.83. The van der Waals surface area contributed by atoms with Gasteiger partial charge in [-0.1, -0.05) is 6.07 Å². The minimum atomic E-state index is -1.39. The fourth-order valence-corrected chi connectivity index (χ4v) is 4.26. The molecule has 4 aromatic rings. The lowest BCUT2D eigenvalue weighted by Crippen LogP contribution is -2.33. The van der Waals surface area contributed by atoms with Gasteiger partial charge in [0.05, 0.1) is 17.1 Å². The zero-order chi connectivity index (χ0) is 28.6. The van der Waals surface area contributed by atoms with Gasteiger partial charge in [0, 0.05) is 41.9 Å². The summed E-state index contributed by atoms with van der Waals surface area (Å²) < 4.78 is 35.1. The van der Waals surface area contributed by atoms with Crippen LogP contribution in [0, 0.1) is 30.0 Å². The monoisotopic (exact) mass is 533 g/mol. The minimum absolute atomic E-state index is 0.0364. The molecule has 0 unspecified atom stereocenters. The number of nitriles is 1. The largest absolute Gasteiger partial charge is 0.463 e. The summed E-state index contributed by atoms with van der Waals surface area (Å²) in [7, 11) is 1.54. The molecule has 2 heterocycles. The molecule has 0 atom stereocenters. The molecule has 0 fully saturated rings. The van der Waals surface area contributed by atoms with E-state index < -0.39 is 29.6 Å². The number of aryl methyl sites for hydroxylation is 1. The average Bonchev–Trinajstić information content (AvgIpc) is 3.21. The number of fused-ring (bicyclic) bond motifs is 1. The Hall–Kier alpha value is -4.85. The third kappa shape index (κ3) is 5.55. The number of carbonyl (C=O) groups is 2. The number of halogens is 2. The maximum absolute atomic E-state index is 15.6. The first-order valence-corrected chi connectivity index (χ1v) is 11.8. The second-order valence-corrected chi connectivity index (χ2v) is 10.0. The predicted molar refractivity (Wildman–Crippen MR) is 139 cm³/mol. The first-order valence-electron chi connectivity index (χ1n) is 11.8. The van der Waals surface area contributed by atoms with Crippen LogP contribution in [-0.4, -0.2) is 49.6 Å². The lowest BCUT2D eigenvalue weighted by Gasteiger charge is -2.25. The molecule has 0 radical (unpaired) electrons. The number of rotatable bonds is 4. The Bertz CT molecular complexity index is 1630. The van der Waals surface area contributed by atoms with Crippen LogP contribution in [0.25, 0.3) is 33.3 Å². The van der Waals surface area contributed by atoms with Crippen molar-refractivity contribution in [2.24, 2.45) is 0 Å². The molecule has 0 saturated carbocycles. The van der Waals surface area contributed by atoms with E-state index in [-0.39, 0.29) is 34.4 Å². The van der Waals surface area contributed by atoms with E-state index in [2.05, 4.69) is 10.1 Å². The summed E-state index contributed by atoms with van der Waals surface area (Å²) in [5, 5.41) is 24.0. The van der Waals surface area contributed by atoms with E-state index in [1.54, 1.807) is 40.8 Å². The SMILES string of the molecule is Cc1cc(CN(C)C(=O)OC(C)(C)C)cc(F)c1-c1cc2c(-c3ccc(F)nc3)nn(C(=O)O)c2cc1C#N. The number of carboxylic acid groups (broad SMARTS) is 1. The van der Waals surface area contributed by atoms with Gasteiger partial charge in [-0.15, -0.1) is 0 Å². The van der Waals surface area contributed by atoms with Crippen molar-refractivity contribution in [2.45, 2.75) is 39.8 Å². The lowest BCUT2D eigenvalue weighted by molar-refractivity contribution is 0.0285. The van der Waals surface area contributed by atoms with Gasteiger partial charge in [0.25, 0.3) is 0 Å².